The van der Waals surface area contributed by atoms with Crippen LogP contribution in [0.15, 0.2) is 28.7 Å². The largest absolute Gasteiger partial charge is 0.468 e. The van der Waals surface area contributed by atoms with Crippen molar-refractivity contribution in [3.05, 3.63) is 34.3 Å². The summed E-state index contributed by atoms with van der Waals surface area (Å²) in [5.41, 5.74) is 0.725. The highest BCUT2D eigenvalue weighted by atomic mass is 79.9. The number of hydrogen-bond donors (Lipinski definition) is 0. The molecule has 0 aliphatic rings. The number of carbonyl (C=O) groups excluding carboxylic acids is 1. The molecule has 0 N–H and O–H groups in total. The third-order valence-electron chi connectivity index (χ3n) is 1.55. The van der Waals surface area contributed by atoms with Crippen LogP contribution >= 0.6 is 27.5 Å². The van der Waals surface area contributed by atoms with E-state index >= 15 is 0 Å². The summed E-state index contributed by atoms with van der Waals surface area (Å²) < 4.78 is 5.41. The summed E-state index contributed by atoms with van der Waals surface area (Å²) in [5.74, 6) is -0.445. The molecule has 0 saturated carbocycles. The Hall–Kier alpha value is -0.540. The van der Waals surface area contributed by atoms with Crippen molar-refractivity contribution in [2.24, 2.45) is 0 Å². The third-order valence-corrected chi connectivity index (χ3v) is 2.47. The van der Waals surface area contributed by atoms with E-state index in [1.807, 2.05) is 12.1 Å². The van der Waals surface area contributed by atoms with Crippen molar-refractivity contribution in [1.29, 1.82) is 0 Å². The fourth-order valence-electron chi connectivity index (χ4n) is 0.904. The molecule has 0 amide bonds. The molecule has 1 aromatic carbocycles. The van der Waals surface area contributed by atoms with Gasteiger partial charge in [0, 0.05) is 4.47 Å². The first kappa shape index (κ1) is 10.5. The molecule has 0 fully saturated rings. The minimum Gasteiger partial charge on any atom is -0.468 e. The van der Waals surface area contributed by atoms with Gasteiger partial charge in [-0.1, -0.05) is 28.1 Å². The zero-order valence-electron chi connectivity index (χ0n) is 6.96. The van der Waals surface area contributed by atoms with Crippen LogP contribution in [0, 0.1) is 0 Å². The van der Waals surface area contributed by atoms with E-state index in [9.17, 15) is 4.79 Å². The van der Waals surface area contributed by atoms with E-state index < -0.39 is 11.3 Å². The molecule has 1 aromatic rings. The van der Waals surface area contributed by atoms with Gasteiger partial charge in [-0.3, -0.25) is 4.79 Å². The number of benzene rings is 1. The number of hydrogen-bond acceptors (Lipinski definition) is 2. The van der Waals surface area contributed by atoms with Gasteiger partial charge in [-0.25, -0.2) is 0 Å². The quantitative estimate of drug-likeness (QED) is 0.606. The standard InChI is InChI=1S/C9H8BrClO2/c1-13-9(12)8(11)6-3-2-4-7(10)5-6/h2-5,8H,1H3/t8-/m1/s1. The minimum absolute atomic E-state index is 0.445. The summed E-state index contributed by atoms with van der Waals surface area (Å²) in [7, 11) is 1.32. The maximum Gasteiger partial charge on any atom is 0.328 e. The molecule has 2 nitrogen and oxygen atoms in total. The van der Waals surface area contributed by atoms with Crippen molar-refractivity contribution >= 4 is 33.5 Å². The summed E-state index contributed by atoms with van der Waals surface area (Å²) in [4.78, 5) is 11.1. The van der Waals surface area contributed by atoms with E-state index in [0.717, 1.165) is 10.0 Å². The molecule has 0 aliphatic carbocycles. The number of halogens is 2. The maximum absolute atomic E-state index is 11.1. The monoisotopic (exact) mass is 262 g/mol. The molecule has 0 aliphatic heterocycles. The van der Waals surface area contributed by atoms with E-state index in [0.29, 0.717) is 0 Å². The van der Waals surface area contributed by atoms with Crippen LogP contribution in [0.4, 0.5) is 0 Å². The van der Waals surface area contributed by atoms with E-state index in [4.69, 9.17) is 11.6 Å². The summed E-state index contributed by atoms with van der Waals surface area (Å²) in [6.07, 6.45) is 0. The molecule has 4 heteroatoms. The minimum atomic E-state index is -0.734. The van der Waals surface area contributed by atoms with Gasteiger partial charge in [-0.05, 0) is 17.7 Å². The first-order valence-electron chi connectivity index (χ1n) is 3.62. The lowest BCUT2D eigenvalue weighted by Gasteiger charge is -2.07. The molecule has 0 unspecified atom stereocenters. The van der Waals surface area contributed by atoms with Gasteiger partial charge in [0.05, 0.1) is 7.11 Å². The van der Waals surface area contributed by atoms with Gasteiger partial charge in [-0.2, -0.15) is 0 Å². The Labute approximate surface area is 90.0 Å². The van der Waals surface area contributed by atoms with Crippen molar-refractivity contribution in [1.82, 2.24) is 0 Å². The van der Waals surface area contributed by atoms with Crippen LogP contribution < -0.4 is 0 Å². The van der Waals surface area contributed by atoms with Crippen molar-refractivity contribution in [2.75, 3.05) is 7.11 Å². The van der Waals surface area contributed by atoms with Crippen LogP contribution in [-0.2, 0) is 9.53 Å². The predicted octanol–water partition coefficient (Wildman–Crippen LogP) is 2.90. The molecule has 0 radical (unpaired) electrons. The Kier molecular flexibility index (Phi) is 3.75. The van der Waals surface area contributed by atoms with Crippen molar-refractivity contribution in [3.8, 4) is 0 Å². The van der Waals surface area contributed by atoms with Gasteiger partial charge in [0.15, 0.2) is 5.38 Å². The Morgan fingerprint density at radius 1 is 1.62 bits per heavy atom. The average molecular weight is 264 g/mol. The lowest BCUT2D eigenvalue weighted by molar-refractivity contribution is -0.140. The predicted molar refractivity (Wildman–Crippen MR) is 54.8 cm³/mol. The normalized spacial score (nSPS) is 12.2. The van der Waals surface area contributed by atoms with Crippen LogP contribution in [-0.4, -0.2) is 13.1 Å². The van der Waals surface area contributed by atoms with Gasteiger partial charge in [0.1, 0.15) is 0 Å². The van der Waals surface area contributed by atoms with Crippen LogP contribution in [0.25, 0.3) is 0 Å². The fourth-order valence-corrected chi connectivity index (χ4v) is 1.55. The van der Waals surface area contributed by atoms with E-state index in [1.54, 1.807) is 12.1 Å². The highest BCUT2D eigenvalue weighted by Gasteiger charge is 2.17. The second kappa shape index (κ2) is 4.63. The molecular formula is C9H8BrClO2. The SMILES string of the molecule is COC(=O)[C@H](Cl)c1cccc(Br)c1. The summed E-state index contributed by atoms with van der Waals surface area (Å²) >= 11 is 9.12. The maximum atomic E-state index is 11.1. The fraction of sp³-hybridized carbons (Fsp3) is 0.222. The van der Waals surface area contributed by atoms with Gasteiger partial charge in [-0.15, -0.1) is 11.6 Å². The molecule has 0 saturated heterocycles. The zero-order chi connectivity index (χ0) is 9.84. The lowest BCUT2D eigenvalue weighted by Crippen LogP contribution is -2.08. The topological polar surface area (TPSA) is 26.3 Å². The number of methoxy groups -OCH3 is 1. The van der Waals surface area contributed by atoms with Gasteiger partial charge in [0.2, 0.25) is 0 Å². The first-order chi connectivity index (χ1) is 6.15. The van der Waals surface area contributed by atoms with Crippen LogP contribution in [0.1, 0.15) is 10.9 Å². The Balaban J connectivity index is 2.88. The summed E-state index contributed by atoms with van der Waals surface area (Å²) in [6, 6.07) is 7.25. The number of ether oxygens (including phenoxy) is 1. The third kappa shape index (κ3) is 2.71. The Morgan fingerprint density at radius 3 is 2.85 bits per heavy atom. The molecule has 0 heterocycles. The van der Waals surface area contributed by atoms with Crippen LogP contribution in [0.5, 0.6) is 0 Å². The van der Waals surface area contributed by atoms with Gasteiger partial charge >= 0.3 is 5.97 Å². The molecule has 1 rings (SSSR count). The van der Waals surface area contributed by atoms with Gasteiger partial charge < -0.3 is 4.74 Å². The van der Waals surface area contributed by atoms with E-state index in [-0.39, 0.29) is 0 Å². The summed E-state index contributed by atoms with van der Waals surface area (Å²) in [6.45, 7) is 0. The smallest absolute Gasteiger partial charge is 0.328 e. The van der Waals surface area contributed by atoms with Crippen LogP contribution in [0.2, 0.25) is 0 Å². The number of esters is 1. The second-order valence-corrected chi connectivity index (χ2v) is 3.79. The number of rotatable bonds is 2. The zero-order valence-corrected chi connectivity index (χ0v) is 9.30. The highest BCUT2D eigenvalue weighted by molar-refractivity contribution is 9.10. The second-order valence-electron chi connectivity index (χ2n) is 2.44. The van der Waals surface area contributed by atoms with E-state index in [1.165, 1.54) is 7.11 Å². The molecule has 0 bridgehead atoms. The average Bonchev–Trinajstić information content (AvgIpc) is 2.15. The summed E-state index contributed by atoms with van der Waals surface area (Å²) in [5, 5.41) is -0.734. The van der Waals surface area contributed by atoms with Crippen molar-refractivity contribution in [3.63, 3.8) is 0 Å². The van der Waals surface area contributed by atoms with Crippen molar-refractivity contribution in [2.45, 2.75) is 5.38 Å². The Morgan fingerprint density at radius 2 is 2.31 bits per heavy atom. The number of alkyl halides is 1. The van der Waals surface area contributed by atoms with Crippen LogP contribution in [0.3, 0.4) is 0 Å². The molecule has 0 spiro atoms. The van der Waals surface area contributed by atoms with Crippen molar-refractivity contribution < 1.29 is 9.53 Å². The van der Waals surface area contributed by atoms with Gasteiger partial charge in [0.25, 0.3) is 0 Å². The number of carbonyl (C=O) groups is 1. The molecule has 0 aromatic heterocycles. The lowest BCUT2D eigenvalue weighted by atomic mass is 10.1. The molecular weight excluding hydrogens is 255 g/mol. The molecule has 13 heavy (non-hydrogen) atoms. The Bertz CT molecular complexity index is 314. The molecule has 70 valence electrons. The first-order valence-corrected chi connectivity index (χ1v) is 4.85. The van der Waals surface area contributed by atoms with E-state index in [2.05, 4.69) is 20.7 Å². The molecule has 1 atom stereocenters. The highest BCUT2D eigenvalue weighted by Crippen LogP contribution is 2.24.